The number of anilines is 3. The van der Waals surface area contributed by atoms with Gasteiger partial charge in [-0.25, -0.2) is 13.8 Å². The first-order valence-electron chi connectivity index (χ1n) is 14.2. The Bertz CT molecular complexity index is 1740. The molecule has 0 unspecified atom stereocenters. The van der Waals surface area contributed by atoms with Gasteiger partial charge in [-0.2, -0.15) is 9.65 Å². The van der Waals surface area contributed by atoms with Gasteiger partial charge in [0.1, 0.15) is 11.9 Å². The van der Waals surface area contributed by atoms with Crippen molar-refractivity contribution in [3.63, 3.8) is 0 Å². The third kappa shape index (κ3) is 6.50. The van der Waals surface area contributed by atoms with Crippen LogP contribution in [0.4, 0.5) is 30.2 Å². The zero-order valence-electron chi connectivity index (χ0n) is 23.5. The van der Waals surface area contributed by atoms with Crippen molar-refractivity contribution >= 4 is 39.6 Å². The van der Waals surface area contributed by atoms with Crippen LogP contribution in [0.5, 0.6) is 0 Å². The second kappa shape index (κ2) is 13.0. The maximum atomic E-state index is 13.9. The lowest BCUT2D eigenvalue weighted by Crippen LogP contribution is -2.38. The summed E-state index contributed by atoms with van der Waals surface area (Å²) in [5.41, 5.74) is 9.60. The van der Waals surface area contributed by atoms with Crippen LogP contribution in [-0.4, -0.2) is 46.1 Å². The SMILES string of the molecule is N#Cc1cnc2c(Cl)cc(N[C@H](C3=CN(CCCN4CCCC4)NN3)c3ccc(F)cc3)cc2c1Nc1cnc(F)c(F)c1. The summed E-state index contributed by atoms with van der Waals surface area (Å²) in [6.45, 7) is 4.13. The lowest BCUT2D eigenvalue weighted by atomic mass is 10.0. The van der Waals surface area contributed by atoms with E-state index in [4.69, 9.17) is 11.6 Å². The second-order valence-corrected chi connectivity index (χ2v) is 11.1. The van der Waals surface area contributed by atoms with Crippen LogP contribution in [-0.2, 0) is 0 Å². The van der Waals surface area contributed by atoms with Gasteiger partial charge in [-0.05, 0) is 68.7 Å². The molecular weight excluding hydrogens is 591 g/mol. The van der Waals surface area contributed by atoms with Crippen LogP contribution in [0.1, 0.15) is 36.4 Å². The Kier molecular flexibility index (Phi) is 8.70. The highest BCUT2D eigenvalue weighted by Gasteiger charge is 2.24. The first-order chi connectivity index (χ1) is 21.4. The maximum Gasteiger partial charge on any atom is 0.249 e. The molecule has 44 heavy (non-hydrogen) atoms. The minimum atomic E-state index is -1.23. The van der Waals surface area contributed by atoms with Crippen molar-refractivity contribution in [3.05, 3.63) is 100 Å². The van der Waals surface area contributed by atoms with E-state index in [1.807, 2.05) is 11.2 Å². The molecule has 4 heterocycles. The number of likely N-dealkylation sites (tertiary alicyclic amines) is 1. The van der Waals surface area contributed by atoms with Gasteiger partial charge in [0.05, 0.1) is 45.4 Å². The van der Waals surface area contributed by atoms with Crippen LogP contribution >= 0.6 is 11.6 Å². The fourth-order valence-electron chi connectivity index (χ4n) is 5.47. The predicted octanol–water partition coefficient (Wildman–Crippen LogP) is 6.12. The van der Waals surface area contributed by atoms with Crippen LogP contribution < -0.4 is 21.6 Å². The summed E-state index contributed by atoms with van der Waals surface area (Å²) in [4.78, 5) is 10.3. The quantitative estimate of drug-likeness (QED) is 0.156. The molecular formula is C31H29ClF3N9. The highest BCUT2D eigenvalue weighted by molar-refractivity contribution is 6.36. The molecule has 2 aliphatic heterocycles. The zero-order valence-corrected chi connectivity index (χ0v) is 24.3. The number of halogens is 4. The molecule has 4 N–H and O–H groups in total. The summed E-state index contributed by atoms with van der Waals surface area (Å²) in [7, 11) is 0. The molecule has 2 aliphatic rings. The number of nitrogens with zero attached hydrogens (tertiary/aromatic N) is 5. The minimum absolute atomic E-state index is 0.141. The van der Waals surface area contributed by atoms with E-state index in [2.05, 4.69) is 42.5 Å². The molecule has 1 fully saturated rings. The maximum absolute atomic E-state index is 13.9. The first kappa shape index (κ1) is 29.5. The average molecular weight is 620 g/mol. The van der Waals surface area contributed by atoms with Gasteiger partial charge in [0.2, 0.25) is 5.95 Å². The molecule has 6 rings (SSSR count). The summed E-state index contributed by atoms with van der Waals surface area (Å²) in [5, 5.41) is 19.0. The Hall–Kier alpha value is -4.57. The molecule has 13 heteroatoms. The summed E-state index contributed by atoms with van der Waals surface area (Å²) in [5.74, 6) is -2.72. The topological polar surface area (TPSA) is 104 Å². The molecule has 2 aromatic heterocycles. The smallest absolute Gasteiger partial charge is 0.249 e. The minimum Gasteiger partial charge on any atom is -0.373 e. The van der Waals surface area contributed by atoms with Gasteiger partial charge in [-0.15, -0.1) is 5.53 Å². The van der Waals surface area contributed by atoms with Crippen molar-refractivity contribution in [2.45, 2.75) is 25.3 Å². The molecule has 0 aliphatic carbocycles. The number of aromatic nitrogens is 2. The molecule has 1 atom stereocenters. The van der Waals surface area contributed by atoms with Gasteiger partial charge >= 0.3 is 0 Å². The van der Waals surface area contributed by atoms with Gasteiger partial charge in [0.15, 0.2) is 5.82 Å². The molecule has 4 aromatic rings. The number of nitriles is 1. The Labute approximate surface area is 257 Å². The molecule has 0 saturated carbocycles. The normalized spacial score (nSPS) is 15.6. The summed E-state index contributed by atoms with van der Waals surface area (Å²) >= 11 is 6.68. The first-order valence-corrected chi connectivity index (χ1v) is 14.6. The number of pyridine rings is 2. The number of fused-ring (bicyclic) bond motifs is 1. The van der Waals surface area contributed by atoms with Crippen LogP contribution in [0.15, 0.2) is 66.8 Å². The predicted molar refractivity (Wildman–Crippen MR) is 163 cm³/mol. The Morgan fingerprint density at radius 2 is 1.80 bits per heavy atom. The van der Waals surface area contributed by atoms with Crippen molar-refractivity contribution in [2.75, 3.05) is 36.8 Å². The van der Waals surface area contributed by atoms with Gasteiger partial charge in [0, 0.05) is 36.1 Å². The lowest BCUT2D eigenvalue weighted by molar-refractivity contribution is 0.243. The summed E-state index contributed by atoms with van der Waals surface area (Å²) < 4.78 is 41.3. The van der Waals surface area contributed by atoms with Crippen molar-refractivity contribution in [3.8, 4) is 6.07 Å². The molecule has 2 aromatic carbocycles. The number of hydrazine groups is 2. The van der Waals surface area contributed by atoms with E-state index in [1.54, 1.807) is 24.3 Å². The highest BCUT2D eigenvalue weighted by atomic mass is 35.5. The van der Waals surface area contributed by atoms with Crippen LogP contribution in [0.25, 0.3) is 10.9 Å². The van der Waals surface area contributed by atoms with Gasteiger partial charge in [-0.3, -0.25) is 9.99 Å². The van der Waals surface area contributed by atoms with E-state index < -0.39 is 17.8 Å². The summed E-state index contributed by atoms with van der Waals surface area (Å²) in [6, 6.07) is 12.3. The second-order valence-electron chi connectivity index (χ2n) is 10.7. The fraction of sp³-hybridized carbons (Fsp3) is 0.258. The number of hydrogen-bond acceptors (Lipinski definition) is 9. The Balaban J connectivity index is 1.32. The Morgan fingerprint density at radius 1 is 1.00 bits per heavy atom. The van der Waals surface area contributed by atoms with Gasteiger partial charge < -0.3 is 21.0 Å². The highest BCUT2D eigenvalue weighted by Crippen LogP contribution is 2.37. The van der Waals surface area contributed by atoms with E-state index in [0.29, 0.717) is 27.3 Å². The van der Waals surface area contributed by atoms with Crippen molar-refractivity contribution in [1.29, 1.82) is 5.26 Å². The van der Waals surface area contributed by atoms with Gasteiger partial charge in [0.25, 0.3) is 0 Å². The molecule has 1 saturated heterocycles. The van der Waals surface area contributed by atoms with Crippen molar-refractivity contribution < 1.29 is 13.2 Å². The van der Waals surface area contributed by atoms with E-state index in [1.165, 1.54) is 31.2 Å². The number of rotatable bonds is 10. The average Bonchev–Trinajstić information content (AvgIpc) is 3.71. The van der Waals surface area contributed by atoms with Crippen LogP contribution in [0, 0.1) is 28.9 Å². The van der Waals surface area contributed by atoms with E-state index in [-0.39, 0.29) is 17.1 Å². The third-order valence-electron chi connectivity index (χ3n) is 7.65. The van der Waals surface area contributed by atoms with Crippen LogP contribution in [0.2, 0.25) is 5.02 Å². The molecule has 226 valence electrons. The van der Waals surface area contributed by atoms with Crippen LogP contribution in [0.3, 0.4) is 0 Å². The monoisotopic (exact) mass is 619 g/mol. The molecule has 0 bridgehead atoms. The van der Waals surface area contributed by atoms with E-state index >= 15 is 0 Å². The number of hydrogen-bond donors (Lipinski definition) is 4. The third-order valence-corrected chi connectivity index (χ3v) is 7.94. The van der Waals surface area contributed by atoms with Crippen molar-refractivity contribution in [1.82, 2.24) is 30.8 Å². The molecule has 9 nitrogen and oxygen atoms in total. The van der Waals surface area contributed by atoms with E-state index in [0.717, 1.165) is 56.1 Å². The molecule has 0 spiro atoms. The standard InChI is InChI=1S/C31H29ClF3N9/c32-25-13-22(12-24-28(20(15-36)16-37-30(24)25)40-23-14-26(34)31(35)38-17-23)39-29(19-4-6-21(33)7-5-19)27-18-44(42-41-27)11-3-10-43-8-1-2-9-43/h4-7,12-14,16-18,29,39,41-42H,1-3,8-11H2,(H,37,40)/t29-/m0/s1. The Morgan fingerprint density at radius 3 is 2.55 bits per heavy atom. The largest absolute Gasteiger partial charge is 0.373 e. The van der Waals surface area contributed by atoms with E-state index in [9.17, 15) is 18.4 Å². The fourth-order valence-corrected chi connectivity index (χ4v) is 5.73. The zero-order chi connectivity index (χ0) is 30.6. The number of benzene rings is 2. The van der Waals surface area contributed by atoms with Crippen molar-refractivity contribution in [2.24, 2.45) is 0 Å². The lowest BCUT2D eigenvalue weighted by Gasteiger charge is -2.22. The molecule has 0 amide bonds. The number of nitrogens with one attached hydrogen (secondary N) is 4. The summed E-state index contributed by atoms with van der Waals surface area (Å²) in [6.07, 6.45) is 7.96. The van der Waals surface area contributed by atoms with Gasteiger partial charge in [-0.1, -0.05) is 23.7 Å². The molecule has 0 radical (unpaired) electrons.